The molecule has 1 saturated carbocycles. The van der Waals surface area contributed by atoms with E-state index < -0.39 is 23.2 Å². The lowest BCUT2D eigenvalue weighted by Gasteiger charge is -2.34. The van der Waals surface area contributed by atoms with E-state index in [4.69, 9.17) is 4.74 Å². The Morgan fingerprint density at radius 2 is 2.13 bits per heavy atom. The monoisotopic (exact) mass is 383 g/mol. The highest BCUT2D eigenvalue weighted by Gasteiger charge is 2.61. The highest BCUT2D eigenvalue weighted by Crippen LogP contribution is 2.54. The molecule has 1 aliphatic carbocycles. The number of halogens is 2. The molecule has 1 aromatic rings. The van der Waals surface area contributed by atoms with Gasteiger partial charge in [0, 0.05) is 22.0 Å². The SMILES string of the molecule is CC(C)(C)OC(=O)CN1C[C@@]2(C[C@@H]2F)c2cc(Br)ccc2C1=O. The molecule has 124 valence electrons. The van der Waals surface area contributed by atoms with Gasteiger partial charge < -0.3 is 9.64 Å². The number of fused-ring (bicyclic) bond motifs is 2. The molecule has 0 radical (unpaired) electrons. The number of carbonyl (C=O) groups excluding carboxylic acids is 2. The number of alkyl halides is 1. The van der Waals surface area contributed by atoms with E-state index in [1.54, 1.807) is 32.9 Å². The molecule has 0 N–H and O–H groups in total. The molecule has 0 unspecified atom stereocenters. The van der Waals surface area contributed by atoms with Crippen molar-refractivity contribution in [3.63, 3.8) is 0 Å². The lowest BCUT2D eigenvalue weighted by atomic mass is 9.86. The maximum Gasteiger partial charge on any atom is 0.326 e. The van der Waals surface area contributed by atoms with Gasteiger partial charge in [-0.05, 0) is 51.0 Å². The smallest absolute Gasteiger partial charge is 0.326 e. The van der Waals surface area contributed by atoms with Gasteiger partial charge in [-0.25, -0.2) is 4.39 Å². The van der Waals surface area contributed by atoms with Gasteiger partial charge in [0.1, 0.15) is 18.3 Å². The summed E-state index contributed by atoms with van der Waals surface area (Å²) in [6.45, 7) is 5.39. The zero-order valence-electron chi connectivity index (χ0n) is 13.4. The van der Waals surface area contributed by atoms with E-state index in [9.17, 15) is 14.0 Å². The summed E-state index contributed by atoms with van der Waals surface area (Å²) in [6, 6.07) is 5.27. The molecule has 0 bridgehead atoms. The van der Waals surface area contributed by atoms with Gasteiger partial charge in [0.25, 0.3) is 5.91 Å². The van der Waals surface area contributed by atoms with E-state index in [0.29, 0.717) is 12.0 Å². The van der Waals surface area contributed by atoms with Crippen molar-refractivity contribution in [3.8, 4) is 0 Å². The van der Waals surface area contributed by atoms with Gasteiger partial charge in [-0.15, -0.1) is 0 Å². The Bertz CT molecular complexity index is 685. The predicted molar refractivity (Wildman–Crippen MR) is 87.1 cm³/mol. The Balaban J connectivity index is 1.87. The standard InChI is InChI=1S/C17H19BrFNO3/c1-16(2,3)23-14(21)8-20-9-17(7-13(17)19)12-6-10(18)4-5-11(12)15(20)22/h4-6,13H,7-9H2,1-3H3/t13-,17-/m0/s1. The summed E-state index contributed by atoms with van der Waals surface area (Å²) < 4.78 is 20.2. The van der Waals surface area contributed by atoms with Crippen LogP contribution in [0.3, 0.4) is 0 Å². The summed E-state index contributed by atoms with van der Waals surface area (Å²) in [4.78, 5) is 26.1. The van der Waals surface area contributed by atoms with Crippen molar-refractivity contribution >= 4 is 27.8 Å². The van der Waals surface area contributed by atoms with Gasteiger partial charge in [-0.2, -0.15) is 0 Å². The molecule has 2 atom stereocenters. The summed E-state index contributed by atoms with van der Waals surface area (Å²) in [5, 5.41) is 0. The second kappa shape index (κ2) is 5.30. The summed E-state index contributed by atoms with van der Waals surface area (Å²) in [7, 11) is 0. The zero-order valence-corrected chi connectivity index (χ0v) is 14.9. The summed E-state index contributed by atoms with van der Waals surface area (Å²) in [5.41, 5.74) is -0.0684. The lowest BCUT2D eigenvalue weighted by molar-refractivity contribution is -0.155. The van der Waals surface area contributed by atoms with Crippen molar-refractivity contribution < 1.29 is 18.7 Å². The van der Waals surface area contributed by atoms with E-state index in [2.05, 4.69) is 15.9 Å². The number of amides is 1. The number of hydrogen-bond acceptors (Lipinski definition) is 3. The first kappa shape index (κ1) is 16.4. The van der Waals surface area contributed by atoms with Crippen molar-refractivity contribution in [1.82, 2.24) is 4.90 Å². The number of esters is 1. The number of nitrogens with zero attached hydrogens (tertiary/aromatic N) is 1. The van der Waals surface area contributed by atoms with Crippen LogP contribution in [0.25, 0.3) is 0 Å². The van der Waals surface area contributed by atoms with Crippen LogP contribution in [0.4, 0.5) is 4.39 Å². The molecule has 2 aliphatic rings. The second-order valence-electron chi connectivity index (χ2n) is 7.27. The molecular formula is C17H19BrFNO3. The lowest BCUT2D eigenvalue weighted by Crippen LogP contribution is -2.47. The first-order valence-corrected chi connectivity index (χ1v) is 8.37. The molecule has 0 aromatic heterocycles. The number of ether oxygens (including phenoxy) is 1. The summed E-state index contributed by atoms with van der Waals surface area (Å²) in [6.07, 6.45) is -0.598. The fourth-order valence-electron chi connectivity index (χ4n) is 3.14. The van der Waals surface area contributed by atoms with Crippen LogP contribution < -0.4 is 0 Å². The first-order chi connectivity index (χ1) is 10.6. The van der Waals surface area contributed by atoms with Crippen molar-refractivity contribution in [2.45, 2.75) is 44.4 Å². The van der Waals surface area contributed by atoms with Crippen LogP contribution >= 0.6 is 15.9 Å². The fourth-order valence-corrected chi connectivity index (χ4v) is 3.50. The Morgan fingerprint density at radius 3 is 2.70 bits per heavy atom. The number of rotatable bonds is 2. The fraction of sp³-hybridized carbons (Fsp3) is 0.529. The first-order valence-electron chi connectivity index (χ1n) is 7.58. The zero-order chi connectivity index (χ0) is 17.0. The molecule has 3 rings (SSSR count). The summed E-state index contributed by atoms with van der Waals surface area (Å²) in [5.74, 6) is -0.722. The van der Waals surface area contributed by atoms with Crippen molar-refractivity contribution in [2.24, 2.45) is 0 Å². The minimum Gasteiger partial charge on any atom is -0.459 e. The predicted octanol–water partition coefficient (Wildman–Crippen LogP) is 3.23. The topological polar surface area (TPSA) is 46.6 Å². The van der Waals surface area contributed by atoms with Crippen molar-refractivity contribution in [3.05, 3.63) is 33.8 Å². The van der Waals surface area contributed by atoms with Crippen LogP contribution in [0.2, 0.25) is 0 Å². The van der Waals surface area contributed by atoms with E-state index in [-0.39, 0.29) is 19.0 Å². The third-order valence-corrected chi connectivity index (χ3v) is 4.72. The number of carbonyl (C=O) groups is 2. The maximum atomic E-state index is 14.1. The average molecular weight is 384 g/mol. The highest BCUT2D eigenvalue weighted by atomic mass is 79.9. The van der Waals surface area contributed by atoms with Crippen LogP contribution in [-0.2, 0) is 14.9 Å². The molecule has 6 heteroatoms. The van der Waals surface area contributed by atoms with Crippen LogP contribution in [0, 0.1) is 0 Å². The molecule has 1 fully saturated rings. The van der Waals surface area contributed by atoms with Crippen LogP contribution in [0.15, 0.2) is 22.7 Å². The van der Waals surface area contributed by atoms with Gasteiger partial charge >= 0.3 is 5.97 Å². The molecule has 1 aliphatic heterocycles. The van der Waals surface area contributed by atoms with E-state index in [0.717, 1.165) is 10.0 Å². The third-order valence-electron chi connectivity index (χ3n) is 4.23. The van der Waals surface area contributed by atoms with E-state index >= 15 is 0 Å². The minimum atomic E-state index is -0.982. The van der Waals surface area contributed by atoms with Gasteiger partial charge in [0.2, 0.25) is 0 Å². The minimum absolute atomic E-state index is 0.153. The van der Waals surface area contributed by atoms with Gasteiger partial charge in [0.05, 0.1) is 0 Å². The van der Waals surface area contributed by atoms with E-state index in [1.807, 2.05) is 6.07 Å². The Labute approximate surface area is 143 Å². The molecule has 4 nitrogen and oxygen atoms in total. The third kappa shape index (κ3) is 3.01. The maximum absolute atomic E-state index is 14.1. The number of hydrogen-bond donors (Lipinski definition) is 0. The molecular weight excluding hydrogens is 365 g/mol. The highest BCUT2D eigenvalue weighted by molar-refractivity contribution is 9.10. The van der Waals surface area contributed by atoms with Crippen LogP contribution in [0.5, 0.6) is 0 Å². The average Bonchev–Trinajstić information content (AvgIpc) is 3.04. The van der Waals surface area contributed by atoms with Gasteiger partial charge in [0.15, 0.2) is 0 Å². The molecule has 1 heterocycles. The quantitative estimate of drug-likeness (QED) is 0.736. The molecule has 1 aromatic carbocycles. The second-order valence-corrected chi connectivity index (χ2v) is 8.18. The number of benzene rings is 1. The molecule has 0 saturated heterocycles. The van der Waals surface area contributed by atoms with Crippen LogP contribution in [0.1, 0.15) is 43.1 Å². The van der Waals surface area contributed by atoms with Crippen molar-refractivity contribution in [2.75, 3.05) is 13.1 Å². The van der Waals surface area contributed by atoms with Gasteiger partial charge in [-0.3, -0.25) is 9.59 Å². The largest absolute Gasteiger partial charge is 0.459 e. The Morgan fingerprint density at radius 1 is 1.48 bits per heavy atom. The molecule has 23 heavy (non-hydrogen) atoms. The Kier molecular flexibility index (Phi) is 3.78. The summed E-state index contributed by atoms with van der Waals surface area (Å²) >= 11 is 3.38. The van der Waals surface area contributed by atoms with Gasteiger partial charge in [-0.1, -0.05) is 15.9 Å². The molecule has 1 amide bonds. The van der Waals surface area contributed by atoms with E-state index in [1.165, 1.54) is 4.90 Å². The normalized spacial score (nSPS) is 26.2. The Hall–Kier alpha value is -1.43. The molecule has 1 spiro atoms. The van der Waals surface area contributed by atoms with Crippen LogP contribution in [-0.4, -0.2) is 41.6 Å². The van der Waals surface area contributed by atoms with Crippen molar-refractivity contribution in [1.29, 1.82) is 0 Å².